The Morgan fingerprint density at radius 3 is 1.86 bits per heavy atom. The zero-order valence-corrected chi connectivity index (χ0v) is 15.3. The highest BCUT2D eigenvalue weighted by molar-refractivity contribution is 5.34. The molecule has 0 heterocycles. The van der Waals surface area contributed by atoms with Gasteiger partial charge in [0.1, 0.15) is 0 Å². The minimum atomic E-state index is 0.776. The molecule has 0 aromatic heterocycles. The Labute approximate surface area is 138 Å². The van der Waals surface area contributed by atoms with Crippen LogP contribution in [0.2, 0.25) is 0 Å². The molecule has 3 aliphatic rings. The molecule has 1 atom stereocenters. The van der Waals surface area contributed by atoms with Gasteiger partial charge < -0.3 is 0 Å². The Balaban J connectivity index is 1.55. The van der Waals surface area contributed by atoms with E-state index in [1.807, 2.05) is 0 Å². The molecule has 3 aliphatic carbocycles. The van der Waals surface area contributed by atoms with E-state index in [0.29, 0.717) is 0 Å². The summed E-state index contributed by atoms with van der Waals surface area (Å²) in [6.07, 6.45) is 15.9. The summed E-state index contributed by atoms with van der Waals surface area (Å²) in [6, 6.07) is 0. The van der Waals surface area contributed by atoms with Crippen molar-refractivity contribution in [2.75, 3.05) is 0 Å². The van der Waals surface area contributed by atoms with Crippen molar-refractivity contribution < 1.29 is 0 Å². The summed E-state index contributed by atoms with van der Waals surface area (Å²) in [4.78, 5) is 0. The molecule has 2 saturated carbocycles. The van der Waals surface area contributed by atoms with Gasteiger partial charge in [-0.1, -0.05) is 49.5 Å². The Hall–Kier alpha value is -0.520. The molecule has 0 N–H and O–H groups in total. The van der Waals surface area contributed by atoms with E-state index in [1.54, 1.807) is 16.7 Å². The van der Waals surface area contributed by atoms with Crippen molar-refractivity contribution >= 4 is 0 Å². The lowest BCUT2D eigenvalue weighted by Gasteiger charge is -2.39. The summed E-state index contributed by atoms with van der Waals surface area (Å²) in [7, 11) is 0. The predicted octanol–water partition coefficient (Wildman–Crippen LogP) is 6.92. The lowest BCUT2D eigenvalue weighted by Crippen LogP contribution is -2.26. The maximum absolute atomic E-state index is 2.54. The fraction of sp³-hybridized carbons (Fsp3) is 0.818. The van der Waals surface area contributed by atoms with Crippen LogP contribution in [0.25, 0.3) is 0 Å². The summed E-state index contributed by atoms with van der Waals surface area (Å²) in [5.74, 6) is 4.81. The molecule has 0 aromatic rings. The zero-order chi connectivity index (χ0) is 15.7. The first-order valence-corrected chi connectivity index (χ1v) is 9.92. The first-order chi connectivity index (χ1) is 10.5. The van der Waals surface area contributed by atoms with Crippen molar-refractivity contribution in [1.82, 2.24) is 0 Å². The number of hydrogen-bond donors (Lipinski definition) is 0. The van der Waals surface area contributed by atoms with Crippen LogP contribution >= 0.6 is 0 Å². The molecule has 0 amide bonds. The van der Waals surface area contributed by atoms with E-state index in [4.69, 9.17) is 0 Å². The zero-order valence-electron chi connectivity index (χ0n) is 15.3. The first-order valence-electron chi connectivity index (χ1n) is 9.92. The largest absolute Gasteiger partial charge is 0.0673 e. The van der Waals surface area contributed by atoms with E-state index >= 15 is 0 Å². The smallest absolute Gasteiger partial charge is 0.0191 e. The molecule has 1 unspecified atom stereocenters. The first kappa shape index (κ1) is 16.3. The fourth-order valence-corrected chi connectivity index (χ4v) is 5.35. The average molecular weight is 301 g/mol. The van der Waals surface area contributed by atoms with Gasteiger partial charge in [0.2, 0.25) is 0 Å². The third kappa shape index (κ3) is 3.52. The molecule has 0 spiro atoms. The highest BCUT2D eigenvalue weighted by Gasteiger charge is 2.31. The fourth-order valence-electron chi connectivity index (χ4n) is 5.35. The maximum atomic E-state index is 2.54. The van der Waals surface area contributed by atoms with Gasteiger partial charge in [-0.2, -0.15) is 0 Å². The van der Waals surface area contributed by atoms with E-state index < -0.39 is 0 Å². The highest BCUT2D eigenvalue weighted by Crippen LogP contribution is 2.44. The van der Waals surface area contributed by atoms with E-state index in [1.165, 1.54) is 57.8 Å². The van der Waals surface area contributed by atoms with Gasteiger partial charge in [0, 0.05) is 0 Å². The molecule has 0 saturated heterocycles. The third-order valence-electron chi connectivity index (χ3n) is 7.33. The van der Waals surface area contributed by atoms with Crippen LogP contribution in [0.5, 0.6) is 0 Å². The summed E-state index contributed by atoms with van der Waals surface area (Å²) >= 11 is 0. The van der Waals surface area contributed by atoms with Crippen LogP contribution in [0.3, 0.4) is 0 Å². The SMILES string of the molecule is CC1=C(C)C(C)CC(C2CCC(C3CCC(C)CC3)CC2)=C1. The molecule has 2 fully saturated rings. The molecule has 0 aliphatic heterocycles. The molecule has 22 heavy (non-hydrogen) atoms. The Morgan fingerprint density at radius 1 is 0.773 bits per heavy atom. The lowest BCUT2D eigenvalue weighted by atomic mass is 9.67. The third-order valence-corrected chi connectivity index (χ3v) is 7.33. The van der Waals surface area contributed by atoms with Gasteiger partial charge in [0.25, 0.3) is 0 Å². The molecule has 0 heteroatoms. The monoisotopic (exact) mass is 300 g/mol. The van der Waals surface area contributed by atoms with Crippen LogP contribution in [0.4, 0.5) is 0 Å². The summed E-state index contributed by atoms with van der Waals surface area (Å²) in [5, 5.41) is 0. The van der Waals surface area contributed by atoms with Crippen molar-refractivity contribution in [3.8, 4) is 0 Å². The second kappa shape index (κ2) is 6.93. The van der Waals surface area contributed by atoms with Gasteiger partial charge in [-0.15, -0.1) is 0 Å². The van der Waals surface area contributed by atoms with Gasteiger partial charge >= 0.3 is 0 Å². The molecular formula is C22H36. The molecule has 3 rings (SSSR count). The predicted molar refractivity (Wildman–Crippen MR) is 96.8 cm³/mol. The van der Waals surface area contributed by atoms with Gasteiger partial charge in [-0.05, 0) is 88.4 Å². The number of rotatable bonds is 2. The van der Waals surface area contributed by atoms with Crippen LogP contribution in [-0.4, -0.2) is 0 Å². The molecule has 0 aromatic carbocycles. The Morgan fingerprint density at radius 2 is 1.32 bits per heavy atom. The number of hydrogen-bond acceptors (Lipinski definition) is 0. The van der Waals surface area contributed by atoms with Gasteiger partial charge in [0.15, 0.2) is 0 Å². The molecule has 0 radical (unpaired) electrons. The molecular weight excluding hydrogens is 264 g/mol. The van der Waals surface area contributed by atoms with E-state index in [9.17, 15) is 0 Å². The highest BCUT2D eigenvalue weighted by atomic mass is 14.4. The standard InChI is InChI=1S/C22H36/c1-15-5-7-19(8-6-15)20-9-11-21(12-10-20)22-13-16(2)18(4)17(3)14-22/h13,15,17,19-21H,5-12,14H2,1-4H3. The van der Waals surface area contributed by atoms with Crippen LogP contribution in [-0.2, 0) is 0 Å². The molecule has 0 bridgehead atoms. The van der Waals surface area contributed by atoms with Gasteiger partial charge in [-0.25, -0.2) is 0 Å². The summed E-state index contributed by atoms with van der Waals surface area (Å²) in [5.41, 5.74) is 4.96. The van der Waals surface area contributed by atoms with Crippen molar-refractivity contribution in [1.29, 1.82) is 0 Å². The normalized spacial score (nSPS) is 40.5. The van der Waals surface area contributed by atoms with Crippen molar-refractivity contribution in [3.05, 3.63) is 22.8 Å². The van der Waals surface area contributed by atoms with E-state index in [0.717, 1.165) is 29.6 Å². The molecule has 124 valence electrons. The van der Waals surface area contributed by atoms with E-state index in [2.05, 4.69) is 33.8 Å². The second-order valence-corrected chi connectivity index (χ2v) is 8.82. The van der Waals surface area contributed by atoms with Crippen LogP contribution in [0.15, 0.2) is 22.8 Å². The topological polar surface area (TPSA) is 0 Å². The Kier molecular flexibility index (Phi) is 5.15. The maximum Gasteiger partial charge on any atom is -0.0191 e. The van der Waals surface area contributed by atoms with Crippen molar-refractivity contribution in [3.63, 3.8) is 0 Å². The number of allylic oxidation sites excluding steroid dienone is 4. The van der Waals surface area contributed by atoms with Crippen LogP contribution in [0, 0.1) is 29.6 Å². The minimum Gasteiger partial charge on any atom is -0.0673 e. The van der Waals surface area contributed by atoms with Crippen molar-refractivity contribution in [2.45, 2.75) is 85.5 Å². The van der Waals surface area contributed by atoms with Crippen LogP contribution < -0.4 is 0 Å². The van der Waals surface area contributed by atoms with Gasteiger partial charge in [0.05, 0.1) is 0 Å². The second-order valence-electron chi connectivity index (χ2n) is 8.82. The van der Waals surface area contributed by atoms with Crippen molar-refractivity contribution in [2.24, 2.45) is 29.6 Å². The minimum absolute atomic E-state index is 0.776. The lowest BCUT2D eigenvalue weighted by molar-refractivity contribution is 0.157. The summed E-state index contributed by atoms with van der Waals surface area (Å²) < 4.78 is 0. The van der Waals surface area contributed by atoms with Crippen LogP contribution in [0.1, 0.15) is 85.5 Å². The Bertz CT molecular complexity index is 437. The average Bonchev–Trinajstić information content (AvgIpc) is 2.53. The molecule has 0 nitrogen and oxygen atoms in total. The quantitative estimate of drug-likeness (QED) is 0.519. The van der Waals surface area contributed by atoms with E-state index in [-0.39, 0.29) is 0 Å². The van der Waals surface area contributed by atoms with Gasteiger partial charge in [-0.3, -0.25) is 0 Å². The summed E-state index contributed by atoms with van der Waals surface area (Å²) in [6.45, 7) is 9.51.